The predicted molar refractivity (Wildman–Crippen MR) is 77.5 cm³/mol. The number of rotatable bonds is 4. The Morgan fingerprint density at radius 1 is 1.33 bits per heavy atom. The van der Waals surface area contributed by atoms with E-state index >= 15 is 0 Å². The van der Waals surface area contributed by atoms with Crippen LogP contribution < -0.4 is 5.32 Å². The van der Waals surface area contributed by atoms with E-state index in [-0.39, 0.29) is 11.8 Å². The van der Waals surface area contributed by atoms with E-state index in [1.807, 2.05) is 31.2 Å². The first-order valence-electron chi connectivity index (χ1n) is 5.51. The van der Waals surface area contributed by atoms with Crippen molar-refractivity contribution in [1.29, 1.82) is 0 Å². The lowest BCUT2D eigenvalue weighted by Gasteiger charge is -2.12. The minimum atomic E-state index is 0.145. The lowest BCUT2D eigenvalue weighted by molar-refractivity contribution is 0.429. The Balaban J connectivity index is 2.02. The number of benzene rings is 1. The molecule has 0 amide bonds. The van der Waals surface area contributed by atoms with Gasteiger partial charge in [0.05, 0.1) is 21.3 Å². The fraction of sp³-hybridized carbons (Fsp3) is 0.231. The highest BCUT2D eigenvalue weighted by molar-refractivity contribution is 9.11. The number of hydrogen-bond acceptors (Lipinski definition) is 3. The van der Waals surface area contributed by atoms with E-state index < -0.39 is 0 Å². The maximum Gasteiger partial charge on any atom is 0.143 e. The molecule has 1 aromatic heterocycles. The topological polar surface area (TPSA) is 45.4 Å². The van der Waals surface area contributed by atoms with Crippen molar-refractivity contribution in [2.45, 2.75) is 19.5 Å². The fourth-order valence-corrected chi connectivity index (χ4v) is 2.91. The molecule has 0 aliphatic carbocycles. The van der Waals surface area contributed by atoms with Gasteiger partial charge in [-0.3, -0.25) is 0 Å². The van der Waals surface area contributed by atoms with Crippen molar-refractivity contribution >= 4 is 31.9 Å². The monoisotopic (exact) mass is 373 g/mol. The predicted octanol–water partition coefficient (Wildman–Crippen LogP) is 4.36. The van der Waals surface area contributed by atoms with Gasteiger partial charge in [0.2, 0.25) is 0 Å². The van der Waals surface area contributed by atoms with Gasteiger partial charge in [-0.1, -0.05) is 0 Å². The number of halogens is 2. The summed E-state index contributed by atoms with van der Waals surface area (Å²) in [4.78, 5) is 0. The van der Waals surface area contributed by atoms with Gasteiger partial charge in [-0.25, -0.2) is 0 Å². The van der Waals surface area contributed by atoms with Crippen LogP contribution >= 0.6 is 31.9 Å². The van der Waals surface area contributed by atoms with Crippen LogP contribution in [0.3, 0.4) is 0 Å². The van der Waals surface area contributed by atoms with Gasteiger partial charge in [0, 0.05) is 6.54 Å². The summed E-state index contributed by atoms with van der Waals surface area (Å²) >= 11 is 6.63. The Kier molecular flexibility index (Phi) is 4.48. The molecule has 0 saturated heterocycles. The SMILES string of the molecule is C[C@@H](NCc1cc(Br)c(O)c(Br)c1)c1ccco1. The second-order valence-corrected chi connectivity index (χ2v) is 5.73. The Morgan fingerprint density at radius 2 is 2.00 bits per heavy atom. The zero-order valence-electron chi connectivity index (χ0n) is 9.78. The highest BCUT2D eigenvalue weighted by Crippen LogP contribution is 2.33. The quantitative estimate of drug-likeness (QED) is 0.835. The molecule has 2 aromatic rings. The summed E-state index contributed by atoms with van der Waals surface area (Å²) in [6.07, 6.45) is 1.67. The molecule has 0 fully saturated rings. The smallest absolute Gasteiger partial charge is 0.143 e. The van der Waals surface area contributed by atoms with Crippen LogP contribution in [-0.2, 0) is 6.54 Å². The van der Waals surface area contributed by atoms with Crippen LogP contribution in [0, 0.1) is 0 Å². The standard InChI is InChI=1S/C13H13Br2NO2/c1-8(12-3-2-4-18-12)16-7-9-5-10(14)13(17)11(15)6-9/h2-6,8,16-17H,7H2,1H3/t8-/m1/s1. The zero-order chi connectivity index (χ0) is 13.1. The van der Waals surface area contributed by atoms with Crippen molar-refractivity contribution < 1.29 is 9.52 Å². The molecule has 0 aliphatic rings. The van der Waals surface area contributed by atoms with Crippen molar-refractivity contribution in [3.63, 3.8) is 0 Å². The third-order valence-electron chi connectivity index (χ3n) is 2.66. The molecule has 0 bridgehead atoms. The number of aromatic hydroxyl groups is 1. The van der Waals surface area contributed by atoms with Gasteiger partial charge < -0.3 is 14.8 Å². The number of phenols is 1. The summed E-state index contributed by atoms with van der Waals surface area (Å²) in [7, 11) is 0. The third-order valence-corrected chi connectivity index (χ3v) is 3.87. The van der Waals surface area contributed by atoms with E-state index in [9.17, 15) is 5.11 Å². The molecule has 0 radical (unpaired) electrons. The Bertz CT molecular complexity index is 503. The lowest BCUT2D eigenvalue weighted by atomic mass is 10.2. The van der Waals surface area contributed by atoms with Gasteiger partial charge in [-0.05, 0) is 68.6 Å². The van der Waals surface area contributed by atoms with Gasteiger partial charge in [-0.2, -0.15) is 0 Å². The molecule has 2 N–H and O–H groups in total. The Hall–Kier alpha value is -0.780. The van der Waals surface area contributed by atoms with Crippen LogP contribution in [-0.4, -0.2) is 5.11 Å². The second-order valence-electron chi connectivity index (χ2n) is 4.03. The summed E-state index contributed by atoms with van der Waals surface area (Å²) < 4.78 is 6.69. The van der Waals surface area contributed by atoms with Gasteiger partial charge >= 0.3 is 0 Å². The van der Waals surface area contributed by atoms with E-state index in [1.54, 1.807) is 6.26 Å². The highest BCUT2D eigenvalue weighted by Gasteiger charge is 2.09. The normalized spacial score (nSPS) is 12.6. The van der Waals surface area contributed by atoms with Crippen LogP contribution in [0.5, 0.6) is 5.75 Å². The molecule has 1 aromatic carbocycles. The maximum atomic E-state index is 9.63. The van der Waals surface area contributed by atoms with E-state index in [0.29, 0.717) is 15.5 Å². The highest BCUT2D eigenvalue weighted by atomic mass is 79.9. The maximum absolute atomic E-state index is 9.63. The first-order valence-corrected chi connectivity index (χ1v) is 7.10. The summed E-state index contributed by atoms with van der Waals surface area (Å²) in [5.41, 5.74) is 1.07. The molecule has 2 rings (SSSR count). The van der Waals surface area contributed by atoms with E-state index in [4.69, 9.17) is 4.42 Å². The number of furan rings is 1. The second kappa shape index (κ2) is 5.91. The summed E-state index contributed by atoms with van der Waals surface area (Å²) in [5, 5.41) is 13.0. The molecule has 1 heterocycles. The van der Waals surface area contributed by atoms with Gasteiger partial charge in [0.1, 0.15) is 11.5 Å². The molecule has 3 nitrogen and oxygen atoms in total. The van der Waals surface area contributed by atoms with Crippen molar-refractivity contribution in [1.82, 2.24) is 5.32 Å². The van der Waals surface area contributed by atoms with Crippen molar-refractivity contribution in [2.24, 2.45) is 0 Å². The third kappa shape index (κ3) is 3.16. The summed E-state index contributed by atoms with van der Waals surface area (Å²) in [6, 6.07) is 7.75. The molecule has 0 saturated carbocycles. The molecule has 18 heavy (non-hydrogen) atoms. The van der Waals surface area contributed by atoms with E-state index in [0.717, 1.165) is 11.3 Å². The molecule has 0 spiro atoms. The van der Waals surface area contributed by atoms with Crippen LogP contribution in [0.25, 0.3) is 0 Å². The minimum absolute atomic E-state index is 0.145. The van der Waals surface area contributed by atoms with Crippen molar-refractivity contribution in [2.75, 3.05) is 0 Å². The lowest BCUT2D eigenvalue weighted by Crippen LogP contribution is -2.17. The average molecular weight is 375 g/mol. The molecule has 96 valence electrons. The van der Waals surface area contributed by atoms with E-state index in [2.05, 4.69) is 37.2 Å². The van der Waals surface area contributed by atoms with Gasteiger partial charge in [0.25, 0.3) is 0 Å². The molecule has 5 heteroatoms. The van der Waals surface area contributed by atoms with Gasteiger partial charge in [0.15, 0.2) is 0 Å². The molecule has 0 aliphatic heterocycles. The molecular formula is C13H13Br2NO2. The van der Waals surface area contributed by atoms with Crippen molar-refractivity contribution in [3.8, 4) is 5.75 Å². The summed E-state index contributed by atoms with van der Waals surface area (Å²) in [6.45, 7) is 2.74. The Labute approximate surface area is 122 Å². The van der Waals surface area contributed by atoms with E-state index in [1.165, 1.54) is 0 Å². The van der Waals surface area contributed by atoms with Crippen LogP contribution in [0.2, 0.25) is 0 Å². The average Bonchev–Trinajstić information content (AvgIpc) is 2.86. The largest absolute Gasteiger partial charge is 0.506 e. The molecule has 1 atom stereocenters. The summed E-state index contributed by atoms with van der Waals surface area (Å²) in [5.74, 6) is 1.13. The van der Waals surface area contributed by atoms with Crippen LogP contribution in [0.4, 0.5) is 0 Å². The van der Waals surface area contributed by atoms with Crippen molar-refractivity contribution in [3.05, 3.63) is 50.8 Å². The fourth-order valence-electron chi connectivity index (χ4n) is 1.63. The zero-order valence-corrected chi connectivity index (χ0v) is 13.0. The first kappa shape index (κ1) is 13.6. The van der Waals surface area contributed by atoms with Crippen LogP contribution in [0.15, 0.2) is 43.9 Å². The molecule has 0 unspecified atom stereocenters. The minimum Gasteiger partial charge on any atom is -0.506 e. The first-order chi connectivity index (χ1) is 8.58. The number of phenolic OH excluding ortho intramolecular Hbond substituents is 1. The number of nitrogens with one attached hydrogen (secondary N) is 1. The molecular weight excluding hydrogens is 362 g/mol. The van der Waals surface area contributed by atoms with Crippen LogP contribution in [0.1, 0.15) is 24.3 Å². The van der Waals surface area contributed by atoms with Gasteiger partial charge in [-0.15, -0.1) is 0 Å². The Morgan fingerprint density at radius 3 is 2.56 bits per heavy atom. The number of hydrogen-bond donors (Lipinski definition) is 2.